The van der Waals surface area contributed by atoms with E-state index in [1.165, 1.54) is 0 Å². The zero-order valence-electron chi connectivity index (χ0n) is 18.8. The van der Waals surface area contributed by atoms with E-state index < -0.39 is 0 Å². The number of aryl methyl sites for hydroxylation is 1. The fourth-order valence-electron chi connectivity index (χ4n) is 5.29. The highest BCUT2D eigenvalue weighted by Crippen LogP contribution is 2.49. The molecule has 2 aliphatic rings. The van der Waals surface area contributed by atoms with Crippen molar-refractivity contribution < 1.29 is 9.90 Å². The van der Waals surface area contributed by atoms with Gasteiger partial charge in [-0.3, -0.25) is 9.78 Å². The summed E-state index contributed by atoms with van der Waals surface area (Å²) in [5.74, 6) is 1.09. The molecule has 0 saturated heterocycles. The van der Waals surface area contributed by atoms with Crippen molar-refractivity contribution in [2.24, 2.45) is 0 Å². The van der Waals surface area contributed by atoms with Crippen LogP contribution in [0.4, 0.5) is 5.82 Å². The molecule has 0 bridgehead atoms. The minimum atomic E-state index is -0.217. The van der Waals surface area contributed by atoms with E-state index in [1.807, 2.05) is 72.4 Å². The van der Waals surface area contributed by atoms with E-state index in [-0.39, 0.29) is 23.4 Å². The maximum absolute atomic E-state index is 13.7. The third kappa shape index (κ3) is 3.30. The summed E-state index contributed by atoms with van der Waals surface area (Å²) in [6, 6.07) is 21.2. The Balaban J connectivity index is 1.51. The van der Waals surface area contributed by atoms with Crippen LogP contribution < -0.4 is 5.32 Å². The average molecular weight is 449 g/mol. The van der Waals surface area contributed by atoms with Gasteiger partial charge in [-0.2, -0.15) is 5.10 Å². The summed E-state index contributed by atoms with van der Waals surface area (Å²) in [6.45, 7) is 2.00. The second kappa shape index (κ2) is 7.99. The monoisotopic (exact) mass is 448 g/mol. The van der Waals surface area contributed by atoms with Gasteiger partial charge >= 0.3 is 0 Å². The summed E-state index contributed by atoms with van der Waals surface area (Å²) in [5, 5.41) is 18.2. The fraction of sp³-hybridized carbons (Fsp3) is 0.179. The van der Waals surface area contributed by atoms with Crippen LogP contribution in [0.25, 0.3) is 5.69 Å². The van der Waals surface area contributed by atoms with Gasteiger partial charge in [0.1, 0.15) is 11.6 Å². The number of allylic oxidation sites excluding steroid dienone is 2. The second-order valence-corrected chi connectivity index (χ2v) is 8.95. The van der Waals surface area contributed by atoms with E-state index >= 15 is 0 Å². The molecule has 6 rings (SSSR count). The Labute approximate surface area is 197 Å². The minimum absolute atomic E-state index is 0.0460. The molecule has 1 aliphatic heterocycles. The van der Waals surface area contributed by atoms with Gasteiger partial charge in [0.25, 0.3) is 0 Å². The highest BCUT2D eigenvalue weighted by atomic mass is 16.3. The Morgan fingerprint density at radius 1 is 0.971 bits per heavy atom. The number of ketones is 1. The lowest BCUT2D eigenvalue weighted by Gasteiger charge is -2.35. The lowest BCUT2D eigenvalue weighted by molar-refractivity contribution is -0.116. The molecule has 2 aromatic heterocycles. The molecular weight excluding hydrogens is 424 g/mol. The lowest BCUT2D eigenvalue weighted by atomic mass is 9.72. The van der Waals surface area contributed by atoms with Crippen molar-refractivity contribution in [3.05, 3.63) is 113 Å². The number of aromatic nitrogens is 3. The summed E-state index contributed by atoms with van der Waals surface area (Å²) >= 11 is 0. The van der Waals surface area contributed by atoms with E-state index in [9.17, 15) is 9.90 Å². The van der Waals surface area contributed by atoms with Gasteiger partial charge < -0.3 is 10.4 Å². The molecule has 2 N–H and O–H groups in total. The first-order chi connectivity index (χ1) is 16.6. The summed E-state index contributed by atoms with van der Waals surface area (Å²) < 4.78 is 1.94. The molecule has 4 aromatic rings. The molecule has 0 fully saturated rings. The van der Waals surface area contributed by atoms with Crippen LogP contribution in [0.3, 0.4) is 0 Å². The van der Waals surface area contributed by atoms with Crippen LogP contribution >= 0.6 is 0 Å². The summed E-state index contributed by atoms with van der Waals surface area (Å²) in [5.41, 5.74) is 6.66. The molecule has 2 aromatic carbocycles. The van der Waals surface area contributed by atoms with Gasteiger partial charge in [-0.05, 0) is 60.7 Å². The number of nitrogens with one attached hydrogen (secondary N) is 1. The van der Waals surface area contributed by atoms with Gasteiger partial charge in [-0.25, -0.2) is 4.68 Å². The van der Waals surface area contributed by atoms with Gasteiger partial charge in [-0.1, -0.05) is 36.4 Å². The average Bonchev–Trinajstić information content (AvgIpc) is 3.20. The number of hydrogen-bond acceptors (Lipinski definition) is 5. The van der Waals surface area contributed by atoms with Crippen molar-refractivity contribution in [1.29, 1.82) is 0 Å². The SMILES string of the molecule is Cc1nn(-c2ccccc2)c2c1C(c1cccnc1)C1=C(CC(c3ccc(O)cc3)CC1=O)N2. The topological polar surface area (TPSA) is 80.0 Å². The van der Waals surface area contributed by atoms with Crippen LogP contribution in [0.2, 0.25) is 0 Å². The Morgan fingerprint density at radius 2 is 1.76 bits per heavy atom. The van der Waals surface area contributed by atoms with Crippen LogP contribution in [0.5, 0.6) is 5.75 Å². The number of nitrogens with zero attached hydrogens (tertiary/aromatic N) is 3. The number of anilines is 1. The Hall–Kier alpha value is -4.19. The van der Waals surface area contributed by atoms with Crippen molar-refractivity contribution in [3.63, 3.8) is 0 Å². The van der Waals surface area contributed by atoms with E-state index in [0.717, 1.165) is 45.2 Å². The maximum Gasteiger partial charge on any atom is 0.162 e. The lowest BCUT2D eigenvalue weighted by Crippen LogP contribution is -2.30. The predicted molar refractivity (Wildman–Crippen MR) is 130 cm³/mol. The number of rotatable bonds is 3. The number of phenolic OH excluding ortho intramolecular Hbond substituents is 1. The molecule has 0 amide bonds. The molecule has 2 atom stereocenters. The highest BCUT2D eigenvalue weighted by molar-refractivity contribution is 6.01. The smallest absolute Gasteiger partial charge is 0.162 e. The molecule has 0 radical (unpaired) electrons. The quantitative estimate of drug-likeness (QED) is 0.448. The first-order valence-corrected chi connectivity index (χ1v) is 11.5. The third-order valence-corrected chi connectivity index (χ3v) is 6.84. The van der Waals surface area contributed by atoms with Gasteiger partial charge in [0, 0.05) is 41.6 Å². The largest absolute Gasteiger partial charge is 0.508 e. The van der Waals surface area contributed by atoms with Gasteiger partial charge in [0.15, 0.2) is 5.78 Å². The molecule has 6 nitrogen and oxygen atoms in total. The van der Waals surface area contributed by atoms with Crippen molar-refractivity contribution in [3.8, 4) is 11.4 Å². The maximum atomic E-state index is 13.7. The Bertz CT molecular complexity index is 1410. The molecule has 34 heavy (non-hydrogen) atoms. The molecule has 0 saturated carbocycles. The zero-order valence-corrected chi connectivity index (χ0v) is 18.8. The number of Topliss-reactive ketones (excluding diaryl/α,β-unsaturated/α-hetero) is 1. The predicted octanol–water partition coefficient (Wildman–Crippen LogP) is 5.24. The molecule has 168 valence electrons. The number of phenols is 1. The number of fused-ring (bicyclic) bond motifs is 1. The summed E-state index contributed by atoms with van der Waals surface area (Å²) in [4.78, 5) is 18.0. The van der Waals surface area contributed by atoms with Crippen LogP contribution in [-0.4, -0.2) is 25.7 Å². The van der Waals surface area contributed by atoms with Crippen molar-refractivity contribution in [2.45, 2.75) is 31.6 Å². The van der Waals surface area contributed by atoms with E-state index in [1.54, 1.807) is 18.3 Å². The van der Waals surface area contributed by atoms with Gasteiger partial charge in [-0.15, -0.1) is 0 Å². The number of para-hydroxylation sites is 1. The molecular formula is C28H24N4O2. The van der Waals surface area contributed by atoms with Gasteiger partial charge in [0.05, 0.1) is 11.4 Å². The first-order valence-electron chi connectivity index (χ1n) is 11.5. The highest BCUT2D eigenvalue weighted by Gasteiger charge is 2.41. The van der Waals surface area contributed by atoms with E-state index in [0.29, 0.717) is 12.8 Å². The van der Waals surface area contributed by atoms with Crippen molar-refractivity contribution >= 4 is 11.6 Å². The van der Waals surface area contributed by atoms with Crippen LogP contribution in [0.15, 0.2) is 90.4 Å². The first kappa shape index (κ1) is 20.4. The van der Waals surface area contributed by atoms with Gasteiger partial charge in [0.2, 0.25) is 0 Å². The summed E-state index contributed by atoms with van der Waals surface area (Å²) in [7, 11) is 0. The van der Waals surface area contributed by atoms with Crippen LogP contribution in [0, 0.1) is 6.92 Å². The van der Waals surface area contributed by atoms with E-state index in [4.69, 9.17) is 5.10 Å². The molecule has 0 spiro atoms. The molecule has 6 heteroatoms. The zero-order chi connectivity index (χ0) is 23.2. The number of hydrogen-bond donors (Lipinski definition) is 2. The summed E-state index contributed by atoms with van der Waals surface area (Å²) in [6.07, 6.45) is 4.75. The number of carbonyl (C=O) groups excluding carboxylic acids is 1. The number of aromatic hydroxyl groups is 1. The number of pyridine rings is 1. The minimum Gasteiger partial charge on any atom is -0.508 e. The molecule has 1 aliphatic carbocycles. The van der Waals surface area contributed by atoms with Crippen molar-refractivity contribution in [1.82, 2.24) is 14.8 Å². The number of benzene rings is 2. The van der Waals surface area contributed by atoms with Crippen LogP contribution in [0.1, 0.15) is 47.1 Å². The standard InChI is InChI=1S/C28H24N4O2/c1-17-25-26(19-6-5-13-29-16-19)27-23(30-28(25)32(31-17)21-7-3-2-4-8-21)14-20(15-24(27)34)18-9-11-22(33)12-10-18/h2-13,16,20,26,30,33H,14-15H2,1H3. The van der Waals surface area contributed by atoms with E-state index in [2.05, 4.69) is 10.3 Å². The normalized spacial score (nSPS) is 19.4. The Kier molecular flexibility index (Phi) is 4.80. The molecule has 2 unspecified atom stereocenters. The van der Waals surface area contributed by atoms with Crippen molar-refractivity contribution in [2.75, 3.05) is 5.32 Å². The number of carbonyl (C=O) groups is 1. The molecule has 3 heterocycles. The third-order valence-electron chi connectivity index (χ3n) is 6.84. The second-order valence-electron chi connectivity index (χ2n) is 8.95. The Morgan fingerprint density at radius 3 is 2.50 bits per heavy atom. The fourth-order valence-corrected chi connectivity index (χ4v) is 5.29. The van der Waals surface area contributed by atoms with Crippen LogP contribution in [-0.2, 0) is 4.79 Å².